The average molecular weight is 721 g/mol. The van der Waals surface area contributed by atoms with E-state index in [1.807, 2.05) is 48.9 Å². The summed E-state index contributed by atoms with van der Waals surface area (Å²) in [5.74, 6) is 2.55. The number of aromatic nitrogens is 4. The van der Waals surface area contributed by atoms with Crippen molar-refractivity contribution < 1.29 is 19.2 Å². The largest absolute Gasteiger partial charge is 0.444 e. The van der Waals surface area contributed by atoms with Crippen LogP contribution in [0.25, 0.3) is 33.6 Å². The van der Waals surface area contributed by atoms with Gasteiger partial charge in [-0.2, -0.15) is 0 Å². The van der Waals surface area contributed by atoms with Crippen molar-refractivity contribution >= 4 is 12.1 Å². The van der Waals surface area contributed by atoms with Gasteiger partial charge in [-0.3, -0.25) is 4.90 Å². The van der Waals surface area contributed by atoms with Gasteiger partial charge in [-0.25, -0.2) is 19.6 Å². The molecule has 2 saturated carbocycles. The standard InChI is InChI=1S/C44H44N6O4/c1-44(2,3)53-43(52)49-34-19-28(34)21-36(49)40-45-32-15-11-26-17-24(9-13-30(26)38(32)47-40)25-10-14-31-27(18-25)12-16-33-39(31)48-41(46-33)37-22-29-20-35(29)50(37)54-42(51)23-7-5-4-6-8-23/h4-10,13-14,17-18,28-29,34-37H,11-12,15-16,19-22H2,1-3H3,(H,45,47)(H,46,48)/t28?,29-,34?,35-,36+,37+/m1/s1. The fraction of sp³-hybridized carbons (Fsp3) is 0.409. The molecule has 2 N–H and O–H groups in total. The molecule has 2 aromatic heterocycles. The molecule has 6 aliphatic rings. The average Bonchev–Trinajstić information content (AvgIpc) is 3.83. The minimum Gasteiger partial charge on any atom is -0.444 e. The first-order chi connectivity index (χ1) is 26.1. The Morgan fingerprint density at radius 2 is 1.28 bits per heavy atom. The predicted molar refractivity (Wildman–Crippen MR) is 202 cm³/mol. The number of nitrogens with one attached hydrogen (secondary N) is 2. The monoisotopic (exact) mass is 720 g/mol. The highest BCUT2D eigenvalue weighted by atomic mass is 16.7. The number of fused-ring (bicyclic) bond motifs is 8. The highest BCUT2D eigenvalue weighted by molar-refractivity contribution is 5.89. The second kappa shape index (κ2) is 11.6. The lowest BCUT2D eigenvalue weighted by molar-refractivity contribution is -0.136. The van der Waals surface area contributed by atoms with Crippen LogP contribution in [-0.4, -0.2) is 59.6 Å². The Labute approximate surface area is 314 Å². The topological polar surface area (TPSA) is 116 Å². The Morgan fingerprint density at radius 1 is 0.704 bits per heavy atom. The van der Waals surface area contributed by atoms with E-state index in [-0.39, 0.29) is 36.2 Å². The number of rotatable bonds is 5. The van der Waals surface area contributed by atoms with E-state index in [0.717, 1.165) is 85.8 Å². The van der Waals surface area contributed by atoms with Crippen LogP contribution >= 0.6 is 0 Å². The summed E-state index contributed by atoms with van der Waals surface area (Å²) in [6.07, 6.45) is 7.43. The van der Waals surface area contributed by atoms with Crippen LogP contribution < -0.4 is 0 Å². The van der Waals surface area contributed by atoms with E-state index in [0.29, 0.717) is 17.4 Å². The van der Waals surface area contributed by atoms with Crippen molar-refractivity contribution in [3.63, 3.8) is 0 Å². The Balaban J connectivity index is 0.833. The van der Waals surface area contributed by atoms with E-state index in [2.05, 4.69) is 46.4 Å². The second-order valence-electron chi connectivity index (χ2n) is 17.3. The summed E-state index contributed by atoms with van der Waals surface area (Å²) in [4.78, 5) is 51.8. The molecule has 2 unspecified atom stereocenters. The number of benzene rings is 3. The Morgan fingerprint density at radius 3 is 1.91 bits per heavy atom. The molecule has 6 atom stereocenters. The van der Waals surface area contributed by atoms with Crippen molar-refractivity contribution in [2.75, 3.05) is 0 Å². The molecule has 0 radical (unpaired) electrons. The molecule has 2 aliphatic heterocycles. The lowest BCUT2D eigenvalue weighted by Gasteiger charge is -2.29. The lowest BCUT2D eigenvalue weighted by Crippen LogP contribution is -2.38. The van der Waals surface area contributed by atoms with Crippen molar-refractivity contribution in [1.82, 2.24) is 29.9 Å². The molecule has 5 aromatic rings. The Hall–Kier alpha value is -5.22. The van der Waals surface area contributed by atoms with E-state index < -0.39 is 5.60 Å². The molecular weight excluding hydrogens is 677 g/mol. The minimum atomic E-state index is -0.531. The normalized spacial score (nSPS) is 25.9. The zero-order valence-corrected chi connectivity index (χ0v) is 30.9. The van der Waals surface area contributed by atoms with Crippen LogP contribution in [0.2, 0.25) is 0 Å². The van der Waals surface area contributed by atoms with Gasteiger partial charge in [0.15, 0.2) is 0 Å². The third kappa shape index (κ3) is 5.32. The Bertz CT molecular complexity index is 2360. The fourth-order valence-electron chi connectivity index (χ4n) is 9.71. The van der Waals surface area contributed by atoms with Gasteiger partial charge in [0, 0.05) is 28.6 Å². The van der Waals surface area contributed by atoms with Crippen molar-refractivity contribution in [1.29, 1.82) is 0 Å². The van der Waals surface area contributed by atoms with E-state index in [1.54, 1.807) is 12.1 Å². The fourth-order valence-corrected chi connectivity index (χ4v) is 9.71. The molecule has 0 spiro atoms. The highest BCUT2D eigenvalue weighted by Crippen LogP contribution is 2.55. The van der Waals surface area contributed by atoms with Crippen LogP contribution in [0, 0.1) is 11.8 Å². The van der Waals surface area contributed by atoms with Crippen LogP contribution in [0.3, 0.4) is 0 Å². The van der Waals surface area contributed by atoms with Gasteiger partial charge in [-0.1, -0.05) is 54.6 Å². The molecule has 54 heavy (non-hydrogen) atoms. The van der Waals surface area contributed by atoms with Gasteiger partial charge in [0.05, 0.1) is 29.0 Å². The lowest BCUT2D eigenvalue weighted by atomic mass is 9.87. The number of likely N-dealkylation sites (tertiary alicyclic amines) is 1. The van der Waals surface area contributed by atoms with Crippen molar-refractivity contribution in [3.8, 4) is 33.6 Å². The van der Waals surface area contributed by atoms with Crippen LogP contribution in [0.4, 0.5) is 4.79 Å². The first kappa shape index (κ1) is 32.2. The maximum absolute atomic E-state index is 13.2. The van der Waals surface area contributed by atoms with E-state index in [1.165, 1.54) is 33.4 Å². The van der Waals surface area contributed by atoms with Crippen molar-refractivity contribution in [2.24, 2.45) is 11.8 Å². The van der Waals surface area contributed by atoms with E-state index in [4.69, 9.17) is 19.5 Å². The predicted octanol–water partition coefficient (Wildman–Crippen LogP) is 8.31. The van der Waals surface area contributed by atoms with Crippen molar-refractivity contribution in [2.45, 2.75) is 102 Å². The summed E-state index contributed by atoms with van der Waals surface area (Å²) < 4.78 is 5.81. The number of aryl methyl sites for hydroxylation is 4. The summed E-state index contributed by atoms with van der Waals surface area (Å²) in [6.45, 7) is 5.77. The smallest absolute Gasteiger partial charge is 0.411 e. The number of carbonyl (C=O) groups is 2. The van der Waals surface area contributed by atoms with Gasteiger partial charge in [-0.05, 0) is 118 Å². The summed E-state index contributed by atoms with van der Waals surface area (Å²) in [5.41, 5.74) is 11.8. The molecule has 10 heteroatoms. The van der Waals surface area contributed by atoms with Gasteiger partial charge in [0.25, 0.3) is 0 Å². The maximum Gasteiger partial charge on any atom is 0.411 e. The number of hydrogen-bond acceptors (Lipinski definition) is 7. The first-order valence-electron chi connectivity index (χ1n) is 19.7. The summed E-state index contributed by atoms with van der Waals surface area (Å²) in [6, 6.07) is 23.2. The van der Waals surface area contributed by atoms with E-state index >= 15 is 0 Å². The molecule has 4 fully saturated rings. The van der Waals surface area contributed by atoms with E-state index in [9.17, 15) is 9.59 Å². The zero-order chi connectivity index (χ0) is 36.5. The Kier molecular flexibility index (Phi) is 6.95. The summed E-state index contributed by atoms with van der Waals surface area (Å²) in [5, 5.41) is 1.91. The third-order valence-electron chi connectivity index (χ3n) is 12.5. The van der Waals surface area contributed by atoms with Gasteiger partial charge >= 0.3 is 12.1 Å². The molecule has 2 saturated heterocycles. The number of imidazole rings is 2. The van der Waals surface area contributed by atoms with Gasteiger partial charge in [-0.15, -0.1) is 5.06 Å². The molecule has 0 bridgehead atoms. The number of piperidine rings is 2. The molecule has 10 nitrogen and oxygen atoms in total. The molecular formula is C44H44N6O4. The second-order valence-corrected chi connectivity index (χ2v) is 17.3. The number of nitrogens with zero attached hydrogens (tertiary/aromatic N) is 4. The number of hydroxylamine groups is 2. The minimum absolute atomic E-state index is 0.0657. The zero-order valence-electron chi connectivity index (χ0n) is 30.9. The molecule has 4 aliphatic carbocycles. The molecule has 1 amide bonds. The number of amides is 1. The van der Waals surface area contributed by atoms with Gasteiger partial charge < -0.3 is 19.5 Å². The molecule has 3 aromatic carbocycles. The van der Waals surface area contributed by atoms with Crippen LogP contribution in [0.5, 0.6) is 0 Å². The number of H-pyrrole nitrogens is 2. The number of aromatic amines is 2. The first-order valence-corrected chi connectivity index (χ1v) is 19.7. The van der Waals surface area contributed by atoms with Crippen LogP contribution in [0.1, 0.15) is 103 Å². The molecule has 11 rings (SSSR count). The van der Waals surface area contributed by atoms with Crippen molar-refractivity contribution in [3.05, 3.63) is 106 Å². The van der Waals surface area contributed by atoms with Gasteiger partial charge in [0.2, 0.25) is 0 Å². The number of carbonyl (C=O) groups excluding carboxylic acids is 2. The highest BCUT2D eigenvalue weighted by Gasteiger charge is 2.57. The quantitative estimate of drug-likeness (QED) is 0.188. The van der Waals surface area contributed by atoms with Crippen LogP contribution in [-0.2, 0) is 35.3 Å². The number of ether oxygens (including phenoxy) is 1. The summed E-state index contributed by atoms with van der Waals surface area (Å²) >= 11 is 0. The maximum atomic E-state index is 13.2. The summed E-state index contributed by atoms with van der Waals surface area (Å²) in [7, 11) is 0. The number of hydrogen-bond donors (Lipinski definition) is 2. The SMILES string of the molecule is CC(C)(C)OC(=O)N1C2CC2C[C@H]1c1nc2c([nH]1)CCc1cc(-c3ccc4c(c3)CCc3[nH]c([C@@H]5C[C@H]6C[C@H]6N5OC(=O)c5ccccc5)nc3-4)ccc1-2. The molecule has 274 valence electrons. The van der Waals surface area contributed by atoms with Crippen LogP contribution in [0.15, 0.2) is 66.7 Å². The van der Waals surface area contributed by atoms with Gasteiger partial charge in [0.1, 0.15) is 23.3 Å². The molecule has 4 heterocycles. The third-order valence-corrected chi connectivity index (χ3v) is 12.5.